The number of sulfonamides is 1. The van der Waals surface area contributed by atoms with E-state index in [1.54, 1.807) is 43.3 Å². The van der Waals surface area contributed by atoms with E-state index in [1.165, 1.54) is 15.3 Å². The molecule has 0 radical (unpaired) electrons. The molecule has 0 aromatic heterocycles. The van der Waals surface area contributed by atoms with E-state index in [-0.39, 0.29) is 43.8 Å². The molecule has 0 saturated carbocycles. The summed E-state index contributed by atoms with van der Waals surface area (Å²) in [7, 11) is -3.56. The van der Waals surface area contributed by atoms with Crippen LogP contribution in [0.4, 0.5) is 10.1 Å². The lowest BCUT2D eigenvalue weighted by atomic mass is 10.1. The molecule has 0 fully saturated rings. The molecule has 2 amide bonds. The number of benzene rings is 2. The van der Waals surface area contributed by atoms with Crippen LogP contribution in [0.1, 0.15) is 44.7 Å². The number of carbonyl (C=O) groups is 2. The lowest BCUT2D eigenvalue weighted by Crippen LogP contribution is -2.49. The maximum absolute atomic E-state index is 14.3. The number of nitrogens with one attached hydrogen (secondary N) is 1. The highest BCUT2D eigenvalue weighted by Gasteiger charge is 2.27. The summed E-state index contributed by atoms with van der Waals surface area (Å²) in [5.41, 5.74) is 1.75. The molecule has 34 heavy (non-hydrogen) atoms. The summed E-state index contributed by atoms with van der Waals surface area (Å²) in [6.07, 6.45) is 1.37. The zero-order valence-electron chi connectivity index (χ0n) is 20.4. The van der Waals surface area contributed by atoms with Crippen LogP contribution in [0.5, 0.6) is 0 Å². The van der Waals surface area contributed by atoms with Crippen LogP contribution in [-0.4, -0.2) is 50.0 Å². The van der Waals surface area contributed by atoms with Gasteiger partial charge in [-0.3, -0.25) is 13.9 Å². The highest BCUT2D eigenvalue weighted by atomic mass is 32.2. The van der Waals surface area contributed by atoms with Crippen molar-refractivity contribution in [2.24, 2.45) is 0 Å². The van der Waals surface area contributed by atoms with Gasteiger partial charge in [0.25, 0.3) is 0 Å². The topological polar surface area (TPSA) is 86.8 Å². The number of aryl methyl sites for hydroxylation is 1. The maximum atomic E-state index is 14.3. The van der Waals surface area contributed by atoms with E-state index in [1.807, 2.05) is 26.8 Å². The fourth-order valence-corrected chi connectivity index (χ4v) is 4.54. The zero-order chi connectivity index (χ0) is 25.5. The Bertz CT molecular complexity index is 1100. The third-order valence-electron chi connectivity index (χ3n) is 5.34. The van der Waals surface area contributed by atoms with Gasteiger partial charge in [0.2, 0.25) is 21.8 Å². The Labute approximate surface area is 202 Å². The summed E-state index contributed by atoms with van der Waals surface area (Å²) in [4.78, 5) is 27.1. The standard InChI is InChI=1S/C25H34FN3O4S/c1-18(2)27-25(31)20(4)28(17-21-11-6-7-13-23(21)26)24(30)14-9-15-29(34(5,32)33)22-12-8-10-19(3)16-22/h6-8,10-13,16,18,20H,9,14-15,17H2,1-5H3,(H,27,31)/t20-/m1/s1. The van der Waals surface area contributed by atoms with Crippen molar-refractivity contribution in [3.63, 3.8) is 0 Å². The van der Waals surface area contributed by atoms with E-state index in [0.717, 1.165) is 11.8 Å². The first-order valence-corrected chi connectivity index (χ1v) is 13.1. The number of amides is 2. The van der Waals surface area contributed by atoms with Crippen molar-refractivity contribution in [2.75, 3.05) is 17.1 Å². The molecule has 1 atom stereocenters. The Hall–Kier alpha value is -2.94. The van der Waals surface area contributed by atoms with Gasteiger partial charge in [0.1, 0.15) is 11.9 Å². The van der Waals surface area contributed by atoms with Crippen molar-refractivity contribution < 1.29 is 22.4 Å². The van der Waals surface area contributed by atoms with Crippen LogP contribution in [0, 0.1) is 12.7 Å². The third kappa shape index (κ3) is 7.83. The Kier molecular flexibility index (Phi) is 9.61. The summed E-state index contributed by atoms with van der Waals surface area (Å²) in [5.74, 6) is -1.15. The van der Waals surface area contributed by atoms with Gasteiger partial charge in [0.05, 0.1) is 11.9 Å². The van der Waals surface area contributed by atoms with Crippen molar-refractivity contribution in [3.8, 4) is 0 Å². The quantitative estimate of drug-likeness (QED) is 0.520. The highest BCUT2D eigenvalue weighted by Crippen LogP contribution is 2.20. The minimum absolute atomic E-state index is 0.00554. The van der Waals surface area contributed by atoms with Crippen LogP contribution < -0.4 is 9.62 Å². The monoisotopic (exact) mass is 491 g/mol. The first kappa shape index (κ1) is 27.3. The Morgan fingerprint density at radius 1 is 1.06 bits per heavy atom. The van der Waals surface area contributed by atoms with E-state index in [4.69, 9.17) is 0 Å². The fraction of sp³-hybridized carbons (Fsp3) is 0.440. The van der Waals surface area contributed by atoms with Gasteiger partial charge in [-0.25, -0.2) is 12.8 Å². The summed E-state index contributed by atoms with van der Waals surface area (Å²) in [6, 6.07) is 12.3. The predicted octanol–water partition coefficient (Wildman–Crippen LogP) is 3.62. The molecule has 0 bridgehead atoms. The van der Waals surface area contributed by atoms with Crippen LogP contribution >= 0.6 is 0 Å². The van der Waals surface area contributed by atoms with Crippen LogP contribution in [-0.2, 0) is 26.2 Å². The van der Waals surface area contributed by atoms with E-state index in [2.05, 4.69) is 5.32 Å². The lowest BCUT2D eigenvalue weighted by molar-refractivity contribution is -0.140. The van der Waals surface area contributed by atoms with Crippen molar-refractivity contribution in [3.05, 3.63) is 65.5 Å². The molecule has 0 heterocycles. The molecule has 2 aromatic carbocycles. The number of hydrogen-bond donors (Lipinski definition) is 1. The van der Waals surface area contributed by atoms with Gasteiger partial charge in [0, 0.05) is 31.1 Å². The largest absolute Gasteiger partial charge is 0.352 e. The highest BCUT2D eigenvalue weighted by molar-refractivity contribution is 7.92. The molecule has 2 rings (SSSR count). The average Bonchev–Trinajstić information content (AvgIpc) is 2.74. The predicted molar refractivity (Wildman–Crippen MR) is 132 cm³/mol. The Morgan fingerprint density at radius 3 is 2.32 bits per heavy atom. The van der Waals surface area contributed by atoms with Gasteiger partial charge in [-0.1, -0.05) is 30.3 Å². The number of nitrogens with zero attached hydrogens (tertiary/aromatic N) is 2. The van der Waals surface area contributed by atoms with Gasteiger partial charge in [0.15, 0.2) is 0 Å². The summed E-state index contributed by atoms with van der Waals surface area (Å²) < 4.78 is 40.3. The summed E-state index contributed by atoms with van der Waals surface area (Å²) >= 11 is 0. The number of carbonyl (C=O) groups excluding carboxylic acids is 2. The second kappa shape index (κ2) is 12.0. The molecule has 7 nitrogen and oxygen atoms in total. The van der Waals surface area contributed by atoms with Crippen molar-refractivity contribution in [2.45, 2.75) is 59.2 Å². The van der Waals surface area contributed by atoms with E-state index in [0.29, 0.717) is 11.3 Å². The van der Waals surface area contributed by atoms with Crippen molar-refractivity contribution in [1.29, 1.82) is 0 Å². The second-order valence-corrected chi connectivity index (χ2v) is 10.6. The zero-order valence-corrected chi connectivity index (χ0v) is 21.2. The normalized spacial score (nSPS) is 12.3. The lowest BCUT2D eigenvalue weighted by Gasteiger charge is -2.30. The SMILES string of the molecule is Cc1cccc(N(CCCC(=O)N(Cc2ccccc2F)[C@H](C)C(=O)NC(C)C)S(C)(=O)=O)c1. The molecule has 0 aliphatic carbocycles. The number of halogens is 1. The minimum Gasteiger partial charge on any atom is -0.352 e. The molecule has 0 saturated heterocycles. The smallest absolute Gasteiger partial charge is 0.242 e. The Balaban J connectivity index is 2.18. The van der Waals surface area contributed by atoms with E-state index < -0.39 is 21.9 Å². The molecule has 1 N–H and O–H groups in total. The molecule has 186 valence electrons. The second-order valence-electron chi connectivity index (χ2n) is 8.73. The first-order valence-electron chi connectivity index (χ1n) is 11.3. The Morgan fingerprint density at radius 2 is 1.74 bits per heavy atom. The molecule has 9 heteroatoms. The molecule has 0 aliphatic rings. The molecular formula is C25H34FN3O4S. The maximum Gasteiger partial charge on any atom is 0.242 e. The summed E-state index contributed by atoms with van der Waals surface area (Å²) in [6.45, 7) is 7.15. The van der Waals surface area contributed by atoms with Gasteiger partial charge >= 0.3 is 0 Å². The molecular weight excluding hydrogens is 457 g/mol. The van der Waals surface area contributed by atoms with E-state index >= 15 is 0 Å². The molecule has 0 unspecified atom stereocenters. The van der Waals surface area contributed by atoms with E-state index in [9.17, 15) is 22.4 Å². The van der Waals surface area contributed by atoms with Crippen LogP contribution in [0.25, 0.3) is 0 Å². The van der Waals surface area contributed by atoms with Crippen LogP contribution in [0.2, 0.25) is 0 Å². The molecule has 0 aliphatic heterocycles. The fourth-order valence-electron chi connectivity index (χ4n) is 3.58. The van der Waals surface area contributed by atoms with Gasteiger partial charge < -0.3 is 10.2 Å². The minimum atomic E-state index is -3.56. The first-order chi connectivity index (χ1) is 15.9. The van der Waals surface area contributed by atoms with Crippen molar-refractivity contribution in [1.82, 2.24) is 10.2 Å². The average molecular weight is 492 g/mol. The number of anilines is 1. The van der Waals surface area contributed by atoms with Gasteiger partial charge in [-0.2, -0.15) is 0 Å². The number of hydrogen-bond acceptors (Lipinski definition) is 4. The van der Waals surface area contributed by atoms with Gasteiger partial charge in [-0.05, 0) is 57.9 Å². The third-order valence-corrected chi connectivity index (χ3v) is 6.53. The number of rotatable bonds is 11. The van der Waals surface area contributed by atoms with Crippen molar-refractivity contribution >= 4 is 27.5 Å². The summed E-state index contributed by atoms with van der Waals surface area (Å²) in [5, 5.41) is 2.79. The molecule has 0 spiro atoms. The van der Waals surface area contributed by atoms with Gasteiger partial charge in [-0.15, -0.1) is 0 Å². The molecule has 2 aromatic rings. The van der Waals surface area contributed by atoms with Crippen LogP contribution in [0.3, 0.4) is 0 Å². The van der Waals surface area contributed by atoms with Crippen LogP contribution in [0.15, 0.2) is 48.5 Å².